The molecular formula is C24H22N4O2. The van der Waals surface area contributed by atoms with Gasteiger partial charge in [-0.15, -0.1) is 0 Å². The standard InChI is InChI=1S/C24H22N4O2/c1-24(2,3)18-8-10-19(11-9-18)27-23(30)21-14-16(12-13-26-21)22(29)28-20-7-5-4-6-17(20)15-25/h4-14H,1-3H3,(H,27,30)(H,28,29). The topological polar surface area (TPSA) is 94.9 Å². The van der Waals surface area contributed by atoms with E-state index >= 15 is 0 Å². The maximum atomic E-state index is 12.6. The number of carbonyl (C=O) groups excluding carboxylic acids is 2. The second-order valence-corrected chi connectivity index (χ2v) is 7.82. The first kappa shape index (κ1) is 20.7. The Kier molecular flexibility index (Phi) is 5.93. The lowest BCUT2D eigenvalue weighted by molar-refractivity contribution is 0.102. The molecule has 2 aromatic carbocycles. The van der Waals surface area contributed by atoms with E-state index in [9.17, 15) is 9.59 Å². The van der Waals surface area contributed by atoms with Crippen LogP contribution in [0.3, 0.4) is 0 Å². The first-order chi connectivity index (χ1) is 14.3. The average molecular weight is 398 g/mol. The third kappa shape index (κ3) is 4.89. The van der Waals surface area contributed by atoms with Gasteiger partial charge in [0.2, 0.25) is 0 Å². The highest BCUT2D eigenvalue weighted by molar-refractivity contribution is 6.08. The van der Waals surface area contributed by atoms with E-state index in [4.69, 9.17) is 5.26 Å². The minimum absolute atomic E-state index is 0.0238. The molecule has 2 amide bonds. The normalized spacial score (nSPS) is 10.7. The van der Waals surface area contributed by atoms with Gasteiger partial charge in [0.15, 0.2) is 0 Å². The molecule has 6 heteroatoms. The predicted octanol–water partition coefficient (Wildman–Crippen LogP) is 4.76. The number of nitriles is 1. The molecule has 30 heavy (non-hydrogen) atoms. The average Bonchev–Trinajstić information content (AvgIpc) is 2.74. The minimum Gasteiger partial charge on any atom is -0.321 e. The predicted molar refractivity (Wildman–Crippen MR) is 116 cm³/mol. The third-order valence-electron chi connectivity index (χ3n) is 4.56. The fourth-order valence-corrected chi connectivity index (χ4v) is 2.83. The van der Waals surface area contributed by atoms with E-state index in [0.717, 1.165) is 5.56 Å². The Balaban J connectivity index is 1.74. The van der Waals surface area contributed by atoms with Crippen molar-refractivity contribution in [1.82, 2.24) is 4.98 Å². The van der Waals surface area contributed by atoms with Gasteiger partial charge in [-0.25, -0.2) is 0 Å². The molecule has 0 unspecified atom stereocenters. The van der Waals surface area contributed by atoms with Crippen molar-refractivity contribution >= 4 is 23.2 Å². The molecule has 3 rings (SSSR count). The molecule has 0 spiro atoms. The number of carbonyl (C=O) groups is 2. The van der Waals surface area contributed by atoms with Crippen LogP contribution in [0.15, 0.2) is 66.9 Å². The Morgan fingerprint density at radius 1 is 0.933 bits per heavy atom. The molecular weight excluding hydrogens is 376 g/mol. The van der Waals surface area contributed by atoms with Gasteiger partial charge in [-0.2, -0.15) is 5.26 Å². The number of nitrogens with one attached hydrogen (secondary N) is 2. The van der Waals surface area contributed by atoms with E-state index in [1.54, 1.807) is 24.3 Å². The van der Waals surface area contributed by atoms with Crippen LogP contribution >= 0.6 is 0 Å². The van der Waals surface area contributed by atoms with Gasteiger partial charge in [-0.05, 0) is 47.4 Å². The van der Waals surface area contributed by atoms with Crippen LogP contribution in [0.1, 0.15) is 52.7 Å². The summed E-state index contributed by atoms with van der Waals surface area (Å²) in [6, 6.07) is 19.3. The highest BCUT2D eigenvalue weighted by Crippen LogP contribution is 2.23. The number of anilines is 2. The largest absolute Gasteiger partial charge is 0.321 e. The summed E-state index contributed by atoms with van der Waals surface area (Å²) in [4.78, 5) is 29.2. The monoisotopic (exact) mass is 398 g/mol. The molecule has 0 bridgehead atoms. The van der Waals surface area contributed by atoms with Crippen LogP contribution in [0.4, 0.5) is 11.4 Å². The van der Waals surface area contributed by atoms with Crippen molar-refractivity contribution < 1.29 is 9.59 Å². The molecule has 1 heterocycles. The van der Waals surface area contributed by atoms with Gasteiger partial charge in [0.25, 0.3) is 11.8 Å². The van der Waals surface area contributed by atoms with E-state index in [0.29, 0.717) is 16.9 Å². The van der Waals surface area contributed by atoms with Gasteiger partial charge in [0.05, 0.1) is 11.3 Å². The maximum absolute atomic E-state index is 12.6. The van der Waals surface area contributed by atoms with E-state index in [1.165, 1.54) is 18.3 Å². The maximum Gasteiger partial charge on any atom is 0.274 e. The van der Waals surface area contributed by atoms with Crippen LogP contribution in [0.25, 0.3) is 0 Å². The highest BCUT2D eigenvalue weighted by Gasteiger charge is 2.15. The molecule has 0 saturated carbocycles. The number of rotatable bonds is 4. The minimum atomic E-state index is -0.427. The van der Waals surface area contributed by atoms with Crippen LogP contribution in [-0.2, 0) is 5.41 Å². The van der Waals surface area contributed by atoms with Gasteiger partial charge in [0, 0.05) is 17.4 Å². The summed E-state index contributed by atoms with van der Waals surface area (Å²) in [5.74, 6) is -0.839. The molecule has 0 fully saturated rings. The number of hydrogen-bond acceptors (Lipinski definition) is 4. The quantitative estimate of drug-likeness (QED) is 0.663. The van der Waals surface area contributed by atoms with Crippen molar-refractivity contribution in [1.29, 1.82) is 5.26 Å². The first-order valence-corrected chi connectivity index (χ1v) is 9.46. The van der Waals surface area contributed by atoms with E-state index in [2.05, 4.69) is 36.4 Å². The zero-order valence-corrected chi connectivity index (χ0v) is 17.1. The van der Waals surface area contributed by atoms with Crippen LogP contribution in [0.5, 0.6) is 0 Å². The second-order valence-electron chi connectivity index (χ2n) is 7.82. The Labute approximate surface area is 175 Å². The molecule has 6 nitrogen and oxygen atoms in total. The lowest BCUT2D eigenvalue weighted by atomic mass is 9.87. The molecule has 0 saturated heterocycles. The number of amides is 2. The fraction of sp³-hybridized carbons (Fsp3) is 0.167. The molecule has 150 valence electrons. The summed E-state index contributed by atoms with van der Waals surface area (Å²) in [6.45, 7) is 6.36. The zero-order valence-electron chi connectivity index (χ0n) is 17.1. The smallest absolute Gasteiger partial charge is 0.274 e. The van der Waals surface area contributed by atoms with Crippen molar-refractivity contribution in [2.45, 2.75) is 26.2 Å². The summed E-state index contributed by atoms with van der Waals surface area (Å²) in [7, 11) is 0. The van der Waals surface area contributed by atoms with Gasteiger partial charge < -0.3 is 10.6 Å². The Bertz CT molecular complexity index is 1120. The van der Waals surface area contributed by atoms with Crippen LogP contribution in [0.2, 0.25) is 0 Å². The lowest BCUT2D eigenvalue weighted by Crippen LogP contribution is -2.17. The first-order valence-electron chi connectivity index (χ1n) is 9.46. The van der Waals surface area contributed by atoms with Crippen molar-refractivity contribution in [3.8, 4) is 6.07 Å². The van der Waals surface area contributed by atoms with E-state index in [1.807, 2.05) is 30.3 Å². The molecule has 0 radical (unpaired) electrons. The third-order valence-corrected chi connectivity index (χ3v) is 4.56. The molecule has 0 aliphatic rings. The Morgan fingerprint density at radius 3 is 2.30 bits per heavy atom. The second kappa shape index (κ2) is 8.58. The number of pyridine rings is 1. The molecule has 0 atom stereocenters. The summed E-state index contributed by atoms with van der Waals surface area (Å²) >= 11 is 0. The Morgan fingerprint density at radius 2 is 1.63 bits per heavy atom. The van der Waals surface area contributed by atoms with Gasteiger partial charge in [-0.3, -0.25) is 14.6 Å². The van der Waals surface area contributed by atoms with Crippen LogP contribution in [0, 0.1) is 11.3 Å². The van der Waals surface area contributed by atoms with E-state index in [-0.39, 0.29) is 16.7 Å². The number of hydrogen-bond donors (Lipinski definition) is 2. The molecule has 3 aromatic rings. The lowest BCUT2D eigenvalue weighted by Gasteiger charge is -2.19. The van der Waals surface area contributed by atoms with Crippen LogP contribution < -0.4 is 10.6 Å². The summed E-state index contributed by atoms with van der Waals surface area (Å²) in [5.41, 5.74) is 2.99. The fourth-order valence-electron chi connectivity index (χ4n) is 2.83. The summed E-state index contributed by atoms with van der Waals surface area (Å²) in [6.07, 6.45) is 1.41. The van der Waals surface area contributed by atoms with Crippen LogP contribution in [-0.4, -0.2) is 16.8 Å². The molecule has 0 aliphatic carbocycles. The van der Waals surface area contributed by atoms with Gasteiger partial charge in [0.1, 0.15) is 11.8 Å². The van der Waals surface area contributed by atoms with Gasteiger partial charge in [-0.1, -0.05) is 45.0 Å². The zero-order chi connectivity index (χ0) is 21.7. The Hall–Kier alpha value is -3.98. The highest BCUT2D eigenvalue weighted by atomic mass is 16.2. The number of aromatic nitrogens is 1. The van der Waals surface area contributed by atoms with Crippen molar-refractivity contribution in [3.63, 3.8) is 0 Å². The van der Waals surface area contributed by atoms with E-state index < -0.39 is 11.8 Å². The molecule has 2 N–H and O–H groups in total. The summed E-state index contributed by atoms with van der Waals surface area (Å²) in [5, 5.41) is 14.6. The summed E-state index contributed by atoms with van der Waals surface area (Å²) < 4.78 is 0. The van der Waals surface area contributed by atoms with Crippen molar-refractivity contribution in [2.24, 2.45) is 0 Å². The number of benzene rings is 2. The van der Waals surface area contributed by atoms with Crippen molar-refractivity contribution in [3.05, 3.63) is 89.2 Å². The molecule has 0 aliphatic heterocycles. The number of para-hydroxylation sites is 1. The number of nitrogens with zero attached hydrogens (tertiary/aromatic N) is 2. The van der Waals surface area contributed by atoms with Gasteiger partial charge >= 0.3 is 0 Å². The van der Waals surface area contributed by atoms with Crippen molar-refractivity contribution in [2.75, 3.05) is 10.6 Å². The SMILES string of the molecule is CC(C)(C)c1ccc(NC(=O)c2cc(C(=O)Nc3ccccc3C#N)ccn2)cc1. The molecule has 1 aromatic heterocycles.